The van der Waals surface area contributed by atoms with Gasteiger partial charge in [-0.05, 0) is 45.0 Å². The molecule has 1 aromatic rings. The summed E-state index contributed by atoms with van der Waals surface area (Å²) in [5.74, 6) is 0. The molecular formula is C20H35N6+. The van der Waals surface area contributed by atoms with E-state index in [0.717, 1.165) is 29.8 Å². The second-order valence-corrected chi connectivity index (χ2v) is 7.26. The van der Waals surface area contributed by atoms with Gasteiger partial charge in [-0.25, -0.2) is 0 Å². The molecule has 1 heterocycles. The van der Waals surface area contributed by atoms with Crippen LogP contribution in [0.2, 0.25) is 0 Å². The fourth-order valence-corrected chi connectivity index (χ4v) is 3.03. The Morgan fingerprint density at radius 3 is 2.08 bits per heavy atom. The number of rotatable bonds is 9. The van der Waals surface area contributed by atoms with Crippen molar-refractivity contribution < 1.29 is 4.48 Å². The molecular weight excluding hydrogens is 324 g/mol. The normalized spacial score (nSPS) is 15.5. The number of hydrogen-bond acceptors (Lipinski definition) is 5. The van der Waals surface area contributed by atoms with Crippen molar-refractivity contribution in [1.29, 1.82) is 0 Å². The highest BCUT2D eigenvalue weighted by molar-refractivity contribution is 5.52. The highest BCUT2D eigenvalue weighted by atomic mass is 15.5. The first-order valence-corrected chi connectivity index (χ1v) is 9.64. The van der Waals surface area contributed by atoms with Crippen molar-refractivity contribution in [3.8, 4) is 0 Å². The predicted molar refractivity (Wildman–Crippen MR) is 109 cm³/mol. The molecule has 144 valence electrons. The van der Waals surface area contributed by atoms with Gasteiger partial charge < -0.3 is 19.2 Å². The van der Waals surface area contributed by atoms with Crippen molar-refractivity contribution in [1.82, 2.24) is 9.80 Å². The minimum atomic E-state index is -0.0552. The zero-order valence-corrected chi connectivity index (χ0v) is 17.3. The van der Waals surface area contributed by atoms with Gasteiger partial charge in [-0.15, -0.1) is 5.11 Å². The summed E-state index contributed by atoms with van der Waals surface area (Å²) in [4.78, 5) is 6.51. The number of likely N-dealkylation sites (N-methyl/N-ethyl adjacent to an activating group) is 2. The summed E-state index contributed by atoms with van der Waals surface area (Å²) in [6.07, 6.45) is 3.95. The smallest absolute Gasteiger partial charge is 0.217 e. The van der Waals surface area contributed by atoms with E-state index < -0.39 is 0 Å². The molecule has 0 aliphatic carbocycles. The molecule has 0 radical (unpaired) electrons. The molecule has 0 unspecified atom stereocenters. The quantitative estimate of drug-likeness (QED) is 0.498. The van der Waals surface area contributed by atoms with E-state index in [4.69, 9.17) is 0 Å². The summed E-state index contributed by atoms with van der Waals surface area (Å²) in [5.41, 5.74) is 2.14. The summed E-state index contributed by atoms with van der Waals surface area (Å²) in [6, 6.07) is 8.41. The Kier molecular flexibility index (Phi) is 7.03. The van der Waals surface area contributed by atoms with Gasteiger partial charge in [0.05, 0.1) is 38.9 Å². The first kappa shape index (κ1) is 20.2. The molecule has 1 aromatic carbocycles. The number of hydrogen-bond donors (Lipinski definition) is 0. The summed E-state index contributed by atoms with van der Waals surface area (Å²) in [7, 11) is 6.35. The average molecular weight is 360 g/mol. The Labute approximate surface area is 159 Å². The third-order valence-electron chi connectivity index (χ3n) is 5.58. The molecule has 0 fully saturated rings. The standard InChI is InChI=1S/C20H35N6/c1-7-25(16-17-26(6,8-2)9-3)19-12-10-18(11-13-19)21-22-20-23(4)14-15-24(20)5/h10-15,20H,7-9,16-17H2,1-6H3/q+1. The minimum Gasteiger partial charge on any atom is -0.366 e. The van der Waals surface area contributed by atoms with E-state index in [0.29, 0.717) is 0 Å². The fraction of sp³-hybridized carbons (Fsp3) is 0.600. The van der Waals surface area contributed by atoms with Crippen molar-refractivity contribution in [3.63, 3.8) is 0 Å². The Hall–Kier alpha value is -2.08. The lowest BCUT2D eigenvalue weighted by Gasteiger charge is -2.35. The van der Waals surface area contributed by atoms with Gasteiger partial charge in [-0.1, -0.05) is 0 Å². The number of nitrogens with zero attached hydrogens (tertiary/aromatic N) is 6. The lowest BCUT2D eigenvalue weighted by Crippen LogP contribution is -2.48. The van der Waals surface area contributed by atoms with E-state index in [2.05, 4.69) is 67.2 Å². The van der Waals surface area contributed by atoms with Crippen LogP contribution in [0.25, 0.3) is 0 Å². The Bertz CT molecular complexity index is 593. The van der Waals surface area contributed by atoms with Crippen molar-refractivity contribution in [2.75, 3.05) is 58.8 Å². The number of benzene rings is 1. The van der Waals surface area contributed by atoms with Crippen LogP contribution in [0.1, 0.15) is 20.8 Å². The zero-order valence-electron chi connectivity index (χ0n) is 17.3. The second kappa shape index (κ2) is 9.03. The molecule has 1 aliphatic heterocycles. The van der Waals surface area contributed by atoms with Crippen LogP contribution < -0.4 is 4.90 Å². The minimum absolute atomic E-state index is 0.0552. The van der Waals surface area contributed by atoms with Gasteiger partial charge in [0.15, 0.2) is 0 Å². The van der Waals surface area contributed by atoms with E-state index in [1.165, 1.54) is 18.8 Å². The van der Waals surface area contributed by atoms with Crippen LogP contribution in [0.15, 0.2) is 46.9 Å². The fourth-order valence-electron chi connectivity index (χ4n) is 3.03. The SMILES string of the molecule is CCN(CC[N+](C)(CC)CC)c1ccc(N=NC2N(C)C=CN2C)cc1. The van der Waals surface area contributed by atoms with Crippen molar-refractivity contribution in [3.05, 3.63) is 36.7 Å². The van der Waals surface area contributed by atoms with E-state index in [1.807, 2.05) is 36.3 Å². The third kappa shape index (κ3) is 4.97. The molecule has 0 saturated carbocycles. The molecule has 0 amide bonds. The molecule has 6 heteroatoms. The molecule has 2 rings (SSSR count). The maximum Gasteiger partial charge on any atom is 0.217 e. The van der Waals surface area contributed by atoms with Gasteiger partial charge in [-0.2, -0.15) is 5.11 Å². The van der Waals surface area contributed by atoms with E-state index in [1.54, 1.807) is 0 Å². The second-order valence-electron chi connectivity index (χ2n) is 7.26. The maximum atomic E-state index is 4.44. The summed E-state index contributed by atoms with van der Waals surface area (Å²) in [6.45, 7) is 12.3. The number of anilines is 1. The van der Waals surface area contributed by atoms with Crippen LogP contribution in [0, 0.1) is 0 Å². The maximum absolute atomic E-state index is 4.44. The average Bonchev–Trinajstić information content (AvgIpc) is 2.99. The topological polar surface area (TPSA) is 34.4 Å². The Morgan fingerprint density at radius 2 is 1.58 bits per heavy atom. The molecule has 0 saturated heterocycles. The third-order valence-corrected chi connectivity index (χ3v) is 5.58. The van der Waals surface area contributed by atoms with Crippen molar-refractivity contribution in [2.45, 2.75) is 27.1 Å². The van der Waals surface area contributed by atoms with Crippen LogP contribution in [-0.2, 0) is 0 Å². The molecule has 0 N–H and O–H groups in total. The monoisotopic (exact) mass is 359 g/mol. The highest BCUT2D eigenvalue weighted by Crippen LogP contribution is 2.22. The Morgan fingerprint density at radius 1 is 1.00 bits per heavy atom. The molecule has 0 aromatic heterocycles. The van der Waals surface area contributed by atoms with E-state index >= 15 is 0 Å². The van der Waals surface area contributed by atoms with Crippen LogP contribution in [0.4, 0.5) is 11.4 Å². The largest absolute Gasteiger partial charge is 0.366 e. The predicted octanol–water partition coefficient (Wildman–Crippen LogP) is 3.72. The summed E-state index contributed by atoms with van der Waals surface area (Å²) >= 11 is 0. The van der Waals surface area contributed by atoms with Crippen LogP contribution in [0.5, 0.6) is 0 Å². The van der Waals surface area contributed by atoms with Gasteiger partial charge in [0.2, 0.25) is 6.29 Å². The molecule has 6 nitrogen and oxygen atoms in total. The van der Waals surface area contributed by atoms with Gasteiger partial charge in [0.25, 0.3) is 0 Å². The van der Waals surface area contributed by atoms with E-state index in [9.17, 15) is 0 Å². The molecule has 0 atom stereocenters. The lowest BCUT2D eigenvalue weighted by molar-refractivity contribution is -0.904. The van der Waals surface area contributed by atoms with Crippen molar-refractivity contribution in [2.24, 2.45) is 10.2 Å². The summed E-state index contributed by atoms with van der Waals surface area (Å²) < 4.78 is 1.11. The van der Waals surface area contributed by atoms with E-state index in [-0.39, 0.29) is 6.29 Å². The van der Waals surface area contributed by atoms with Gasteiger partial charge in [0, 0.05) is 38.7 Å². The first-order chi connectivity index (χ1) is 12.4. The molecule has 0 spiro atoms. The number of quaternary nitrogens is 1. The molecule has 0 bridgehead atoms. The van der Waals surface area contributed by atoms with Gasteiger partial charge in [0.1, 0.15) is 0 Å². The van der Waals surface area contributed by atoms with Gasteiger partial charge >= 0.3 is 0 Å². The van der Waals surface area contributed by atoms with Crippen LogP contribution in [-0.4, -0.2) is 74.4 Å². The summed E-state index contributed by atoms with van der Waals surface area (Å²) in [5, 5.41) is 8.85. The lowest BCUT2D eigenvalue weighted by atomic mass is 10.2. The molecule has 26 heavy (non-hydrogen) atoms. The highest BCUT2D eigenvalue weighted by Gasteiger charge is 2.19. The van der Waals surface area contributed by atoms with Crippen molar-refractivity contribution >= 4 is 11.4 Å². The first-order valence-electron chi connectivity index (χ1n) is 9.64. The van der Waals surface area contributed by atoms with Crippen LogP contribution in [0.3, 0.4) is 0 Å². The van der Waals surface area contributed by atoms with Gasteiger partial charge in [-0.3, -0.25) is 0 Å². The number of azo groups is 1. The Balaban J connectivity index is 1.98. The van der Waals surface area contributed by atoms with Crippen LogP contribution >= 0.6 is 0 Å². The zero-order chi connectivity index (χ0) is 19.2. The molecule has 1 aliphatic rings.